The van der Waals surface area contributed by atoms with Crippen molar-refractivity contribution >= 4 is 5.91 Å². The average molecular weight is 286 g/mol. The second-order valence-corrected chi connectivity index (χ2v) is 6.07. The molecule has 0 aliphatic carbocycles. The molecule has 118 valence electrons. The van der Waals surface area contributed by atoms with E-state index in [2.05, 4.69) is 6.92 Å². The van der Waals surface area contributed by atoms with Gasteiger partial charge in [-0.25, -0.2) is 0 Å². The maximum absolute atomic E-state index is 12.2. The van der Waals surface area contributed by atoms with E-state index in [1.54, 1.807) is 4.90 Å². The zero-order chi connectivity index (χ0) is 15.2. The van der Waals surface area contributed by atoms with Gasteiger partial charge in [-0.3, -0.25) is 4.79 Å². The molecule has 2 atom stereocenters. The first-order valence-electron chi connectivity index (χ1n) is 7.67. The zero-order valence-corrected chi connectivity index (χ0v) is 13.4. The number of amides is 1. The van der Waals surface area contributed by atoms with Crippen LogP contribution in [0.1, 0.15) is 52.9 Å². The molecule has 1 rings (SSSR count). The van der Waals surface area contributed by atoms with Gasteiger partial charge in [-0.15, -0.1) is 0 Å². The molecule has 0 saturated carbocycles. The van der Waals surface area contributed by atoms with Crippen LogP contribution in [0.25, 0.3) is 0 Å². The van der Waals surface area contributed by atoms with Gasteiger partial charge in [-0.2, -0.15) is 0 Å². The van der Waals surface area contributed by atoms with Crippen molar-refractivity contribution in [3.63, 3.8) is 0 Å². The topological polar surface area (TPSA) is 64.8 Å². The molecule has 5 nitrogen and oxygen atoms in total. The molecule has 1 heterocycles. The number of unbranched alkanes of at least 4 members (excludes halogenated alkanes) is 1. The number of ether oxygens (including phenoxy) is 2. The monoisotopic (exact) mass is 286 g/mol. The van der Waals surface area contributed by atoms with Gasteiger partial charge in [-0.05, 0) is 33.2 Å². The highest BCUT2D eigenvalue weighted by Crippen LogP contribution is 2.29. The Morgan fingerprint density at radius 1 is 1.35 bits per heavy atom. The van der Waals surface area contributed by atoms with Crippen LogP contribution in [0.2, 0.25) is 0 Å². The summed E-state index contributed by atoms with van der Waals surface area (Å²) in [6.07, 6.45) is 4.12. The van der Waals surface area contributed by atoms with Crippen molar-refractivity contribution in [1.29, 1.82) is 0 Å². The van der Waals surface area contributed by atoms with Crippen molar-refractivity contribution in [1.82, 2.24) is 4.90 Å². The Morgan fingerprint density at radius 2 is 2.00 bits per heavy atom. The van der Waals surface area contributed by atoms with E-state index in [1.165, 1.54) is 0 Å². The van der Waals surface area contributed by atoms with Crippen molar-refractivity contribution in [2.45, 2.75) is 70.9 Å². The normalized spacial score (nSPS) is 25.4. The van der Waals surface area contributed by atoms with E-state index in [-0.39, 0.29) is 18.1 Å². The van der Waals surface area contributed by atoms with E-state index in [0.29, 0.717) is 13.0 Å². The fraction of sp³-hybridized carbons (Fsp3) is 0.933. The summed E-state index contributed by atoms with van der Waals surface area (Å²) in [6, 6.07) is 0. The first-order chi connectivity index (χ1) is 9.38. The second kappa shape index (κ2) is 7.96. The highest BCUT2D eigenvalue weighted by atomic mass is 16.7. The van der Waals surface area contributed by atoms with Crippen LogP contribution >= 0.6 is 0 Å². The maximum Gasteiger partial charge on any atom is 0.224 e. The van der Waals surface area contributed by atoms with Gasteiger partial charge >= 0.3 is 0 Å². The van der Waals surface area contributed by atoms with Crippen LogP contribution in [0.15, 0.2) is 0 Å². The van der Waals surface area contributed by atoms with Crippen LogP contribution in [0.4, 0.5) is 0 Å². The standard InChI is InChI=1S/C15H30N2O3/c1-5-6-9-17(4)14(18)11-13-10-12(7-8-16)19-15(2,3)20-13/h12-13H,5-11,16H2,1-4H3. The molecule has 0 spiro atoms. The number of carbonyl (C=O) groups is 1. The minimum atomic E-state index is -0.634. The van der Waals surface area contributed by atoms with Crippen LogP contribution in [-0.4, -0.2) is 48.9 Å². The molecule has 0 bridgehead atoms. The number of nitrogens with two attached hydrogens (primary N) is 1. The molecule has 0 aromatic heterocycles. The van der Waals surface area contributed by atoms with Gasteiger partial charge in [0.2, 0.25) is 5.91 Å². The molecule has 0 radical (unpaired) electrons. The van der Waals surface area contributed by atoms with Crippen molar-refractivity contribution in [2.24, 2.45) is 5.73 Å². The van der Waals surface area contributed by atoms with Gasteiger partial charge in [0.05, 0.1) is 18.6 Å². The third kappa shape index (κ3) is 5.77. The predicted octanol–water partition coefficient (Wildman–Crippen LogP) is 1.89. The Hall–Kier alpha value is -0.650. The fourth-order valence-electron chi connectivity index (χ4n) is 2.58. The van der Waals surface area contributed by atoms with E-state index in [0.717, 1.165) is 32.2 Å². The molecule has 1 aliphatic rings. The smallest absolute Gasteiger partial charge is 0.224 e. The number of rotatable bonds is 7. The Labute approximate surface area is 122 Å². The predicted molar refractivity (Wildman–Crippen MR) is 79.3 cm³/mol. The lowest BCUT2D eigenvalue weighted by Gasteiger charge is -2.41. The number of nitrogens with zero attached hydrogens (tertiary/aromatic N) is 1. The Bertz CT molecular complexity index is 307. The van der Waals surface area contributed by atoms with Crippen molar-refractivity contribution in [3.05, 3.63) is 0 Å². The molecule has 1 amide bonds. The highest BCUT2D eigenvalue weighted by Gasteiger charge is 2.36. The summed E-state index contributed by atoms with van der Waals surface area (Å²) in [5.41, 5.74) is 5.60. The minimum Gasteiger partial charge on any atom is -0.347 e. The van der Waals surface area contributed by atoms with Crippen LogP contribution in [0.5, 0.6) is 0 Å². The summed E-state index contributed by atoms with van der Waals surface area (Å²) in [4.78, 5) is 14.0. The van der Waals surface area contributed by atoms with Gasteiger partial charge < -0.3 is 20.1 Å². The summed E-state index contributed by atoms with van der Waals surface area (Å²) >= 11 is 0. The molecule has 2 N–H and O–H groups in total. The lowest BCUT2D eigenvalue weighted by atomic mass is 10.0. The third-order valence-corrected chi connectivity index (χ3v) is 3.59. The molecule has 0 aromatic carbocycles. The fourth-order valence-corrected chi connectivity index (χ4v) is 2.58. The molecule has 2 unspecified atom stereocenters. The lowest BCUT2D eigenvalue weighted by molar-refractivity contribution is -0.299. The SMILES string of the molecule is CCCCN(C)C(=O)CC1CC(CCN)OC(C)(C)O1. The van der Waals surface area contributed by atoms with Gasteiger partial charge in [0, 0.05) is 20.0 Å². The summed E-state index contributed by atoms with van der Waals surface area (Å²) in [5.74, 6) is -0.488. The summed E-state index contributed by atoms with van der Waals surface area (Å²) < 4.78 is 11.7. The largest absolute Gasteiger partial charge is 0.347 e. The molecule has 1 saturated heterocycles. The van der Waals surface area contributed by atoms with E-state index in [9.17, 15) is 4.79 Å². The van der Waals surface area contributed by atoms with Crippen molar-refractivity contribution in [3.8, 4) is 0 Å². The molecular formula is C15H30N2O3. The first-order valence-corrected chi connectivity index (χ1v) is 7.67. The summed E-state index contributed by atoms with van der Waals surface area (Å²) in [6.45, 7) is 7.33. The van der Waals surface area contributed by atoms with E-state index >= 15 is 0 Å². The number of hydrogen-bond acceptors (Lipinski definition) is 4. The van der Waals surface area contributed by atoms with Gasteiger partial charge in [0.25, 0.3) is 0 Å². The Kier molecular flexibility index (Phi) is 6.92. The van der Waals surface area contributed by atoms with Crippen LogP contribution in [0.3, 0.4) is 0 Å². The average Bonchev–Trinajstić information content (AvgIpc) is 2.34. The maximum atomic E-state index is 12.2. The molecule has 1 fully saturated rings. The van der Waals surface area contributed by atoms with E-state index in [1.807, 2.05) is 20.9 Å². The molecule has 20 heavy (non-hydrogen) atoms. The lowest BCUT2D eigenvalue weighted by Crippen LogP contribution is -2.46. The number of carbonyl (C=O) groups excluding carboxylic acids is 1. The Morgan fingerprint density at radius 3 is 2.60 bits per heavy atom. The van der Waals surface area contributed by atoms with E-state index < -0.39 is 5.79 Å². The summed E-state index contributed by atoms with van der Waals surface area (Å²) in [7, 11) is 1.86. The molecule has 0 aromatic rings. The van der Waals surface area contributed by atoms with Crippen LogP contribution in [-0.2, 0) is 14.3 Å². The van der Waals surface area contributed by atoms with Gasteiger partial charge in [-0.1, -0.05) is 13.3 Å². The second-order valence-electron chi connectivity index (χ2n) is 6.07. The minimum absolute atomic E-state index is 0.0770. The zero-order valence-electron chi connectivity index (χ0n) is 13.4. The first kappa shape index (κ1) is 17.4. The number of hydrogen-bond donors (Lipinski definition) is 1. The Balaban J connectivity index is 2.50. The quantitative estimate of drug-likeness (QED) is 0.776. The van der Waals surface area contributed by atoms with Gasteiger partial charge in [0.15, 0.2) is 5.79 Å². The summed E-state index contributed by atoms with van der Waals surface area (Å²) in [5, 5.41) is 0. The van der Waals surface area contributed by atoms with Crippen LogP contribution < -0.4 is 5.73 Å². The van der Waals surface area contributed by atoms with Gasteiger partial charge in [0.1, 0.15) is 0 Å². The molecular weight excluding hydrogens is 256 g/mol. The van der Waals surface area contributed by atoms with Crippen molar-refractivity contribution < 1.29 is 14.3 Å². The van der Waals surface area contributed by atoms with Crippen molar-refractivity contribution in [2.75, 3.05) is 20.1 Å². The van der Waals surface area contributed by atoms with E-state index in [4.69, 9.17) is 15.2 Å². The molecule has 1 aliphatic heterocycles. The highest BCUT2D eigenvalue weighted by molar-refractivity contribution is 5.76. The molecule has 5 heteroatoms. The third-order valence-electron chi connectivity index (χ3n) is 3.59. The van der Waals surface area contributed by atoms with Crippen LogP contribution in [0, 0.1) is 0 Å².